The van der Waals surface area contributed by atoms with Crippen LogP contribution >= 0.6 is 0 Å². The zero-order valence-corrected chi connectivity index (χ0v) is 12.3. The van der Waals surface area contributed by atoms with E-state index in [1.807, 2.05) is 41.5 Å². The van der Waals surface area contributed by atoms with Crippen molar-refractivity contribution in [1.29, 1.82) is 0 Å². The number of hydrogen-bond donors (Lipinski definition) is 1. The number of nitrogens with one attached hydrogen (secondary N) is 1. The molecule has 1 amide bonds. The Morgan fingerprint density at radius 3 is 2.00 bits per heavy atom. The number of rotatable bonds is 4. The van der Waals surface area contributed by atoms with Gasteiger partial charge in [0.05, 0.1) is 0 Å². The highest BCUT2D eigenvalue weighted by atomic mass is 16.6. The number of carbonyl (C=O) groups excluding carboxylic acids is 2. The maximum atomic E-state index is 12.3. The minimum Gasteiger partial charge on any atom is -0.444 e. The molecular weight excluding hydrogens is 230 g/mol. The molecule has 1 saturated carbocycles. The fourth-order valence-electron chi connectivity index (χ4n) is 1.80. The normalized spacial score (nSPS) is 19.3. The second-order valence-electron chi connectivity index (χ2n) is 6.61. The molecular formula is C14H25NO3. The first-order valence-electron chi connectivity index (χ1n) is 6.63. The third kappa shape index (κ3) is 3.72. The van der Waals surface area contributed by atoms with Crippen LogP contribution in [0.3, 0.4) is 0 Å². The van der Waals surface area contributed by atoms with Gasteiger partial charge < -0.3 is 10.1 Å². The van der Waals surface area contributed by atoms with Gasteiger partial charge in [-0.15, -0.1) is 0 Å². The summed E-state index contributed by atoms with van der Waals surface area (Å²) in [5.41, 5.74) is -1.20. The number of amides is 1. The van der Waals surface area contributed by atoms with Crippen LogP contribution in [0, 0.1) is 11.8 Å². The quantitative estimate of drug-likeness (QED) is 0.840. The first kappa shape index (κ1) is 15.0. The molecule has 0 aromatic heterocycles. The molecule has 18 heavy (non-hydrogen) atoms. The van der Waals surface area contributed by atoms with E-state index in [4.69, 9.17) is 4.74 Å². The molecule has 1 atom stereocenters. The summed E-state index contributed by atoms with van der Waals surface area (Å²) in [5, 5.41) is 2.75. The van der Waals surface area contributed by atoms with Gasteiger partial charge in [-0.25, -0.2) is 4.79 Å². The minimum atomic E-state index is -0.661. The monoisotopic (exact) mass is 255 g/mol. The van der Waals surface area contributed by atoms with Crippen molar-refractivity contribution in [1.82, 2.24) is 5.32 Å². The van der Waals surface area contributed by atoms with Crippen molar-refractivity contribution >= 4 is 11.9 Å². The van der Waals surface area contributed by atoms with Gasteiger partial charge >= 0.3 is 6.09 Å². The van der Waals surface area contributed by atoms with Crippen molar-refractivity contribution in [2.45, 2.75) is 65.5 Å². The minimum absolute atomic E-state index is 0.0394. The van der Waals surface area contributed by atoms with E-state index in [0.29, 0.717) is 0 Å². The topological polar surface area (TPSA) is 55.4 Å². The standard InChI is InChI=1S/C14H25NO3/c1-9(2)10(3)11(16)14(7-8-14)15-12(17)18-13(4,5)6/h9-10H,7-8H2,1-6H3,(H,15,17). The van der Waals surface area contributed by atoms with Crippen LogP contribution in [-0.2, 0) is 9.53 Å². The molecule has 0 spiro atoms. The van der Waals surface area contributed by atoms with E-state index in [2.05, 4.69) is 5.32 Å². The van der Waals surface area contributed by atoms with E-state index in [-0.39, 0.29) is 17.6 Å². The molecule has 1 N–H and O–H groups in total. The van der Waals surface area contributed by atoms with E-state index < -0.39 is 17.2 Å². The lowest BCUT2D eigenvalue weighted by atomic mass is 9.88. The first-order chi connectivity index (χ1) is 8.07. The lowest BCUT2D eigenvalue weighted by Crippen LogP contribution is -2.48. The molecule has 1 rings (SSSR count). The van der Waals surface area contributed by atoms with E-state index in [9.17, 15) is 9.59 Å². The highest BCUT2D eigenvalue weighted by Gasteiger charge is 2.53. The number of ketones is 1. The molecule has 4 nitrogen and oxygen atoms in total. The van der Waals surface area contributed by atoms with Crippen molar-refractivity contribution < 1.29 is 14.3 Å². The number of alkyl carbamates (subject to hydrolysis) is 1. The van der Waals surface area contributed by atoms with Gasteiger partial charge in [0.25, 0.3) is 0 Å². The first-order valence-corrected chi connectivity index (χ1v) is 6.63. The Labute approximate surface area is 109 Å². The molecule has 1 aliphatic rings. The molecule has 1 aliphatic carbocycles. The Hall–Kier alpha value is -1.06. The second kappa shape index (κ2) is 4.90. The maximum absolute atomic E-state index is 12.3. The smallest absolute Gasteiger partial charge is 0.408 e. The summed E-state index contributed by atoms with van der Waals surface area (Å²) in [6.45, 7) is 11.4. The van der Waals surface area contributed by atoms with Gasteiger partial charge in [-0.05, 0) is 39.5 Å². The van der Waals surface area contributed by atoms with E-state index in [1.54, 1.807) is 0 Å². The van der Waals surface area contributed by atoms with Gasteiger partial charge in [0, 0.05) is 5.92 Å². The van der Waals surface area contributed by atoms with Gasteiger partial charge in [-0.1, -0.05) is 20.8 Å². The van der Waals surface area contributed by atoms with Crippen LogP contribution in [0.15, 0.2) is 0 Å². The Kier molecular flexibility index (Phi) is 4.08. The van der Waals surface area contributed by atoms with Crippen LogP contribution in [0.5, 0.6) is 0 Å². The lowest BCUT2D eigenvalue weighted by molar-refractivity contribution is -0.126. The summed E-state index contributed by atoms with van der Waals surface area (Å²) in [5.74, 6) is 0.376. The molecule has 0 heterocycles. The third-order valence-electron chi connectivity index (χ3n) is 3.38. The predicted molar refractivity (Wildman–Crippen MR) is 70.3 cm³/mol. The van der Waals surface area contributed by atoms with E-state index in [0.717, 1.165) is 12.8 Å². The molecule has 0 bridgehead atoms. The van der Waals surface area contributed by atoms with Gasteiger partial charge in [0.1, 0.15) is 11.1 Å². The average Bonchev–Trinajstić information content (AvgIpc) is 2.93. The molecule has 0 aromatic carbocycles. The molecule has 0 radical (unpaired) electrons. The highest BCUT2D eigenvalue weighted by molar-refractivity contribution is 5.96. The molecule has 1 unspecified atom stereocenters. The van der Waals surface area contributed by atoms with Gasteiger partial charge in [-0.2, -0.15) is 0 Å². The van der Waals surface area contributed by atoms with Crippen LogP contribution < -0.4 is 5.32 Å². The van der Waals surface area contributed by atoms with Crippen molar-refractivity contribution in [3.05, 3.63) is 0 Å². The summed E-state index contributed by atoms with van der Waals surface area (Å²) in [7, 11) is 0. The predicted octanol–water partition coefficient (Wildman–Crippen LogP) is 2.90. The maximum Gasteiger partial charge on any atom is 0.408 e. The van der Waals surface area contributed by atoms with Gasteiger partial charge in [0.2, 0.25) is 0 Å². The summed E-state index contributed by atoms with van der Waals surface area (Å²) in [4.78, 5) is 24.0. The second-order valence-corrected chi connectivity index (χ2v) is 6.61. The lowest BCUT2D eigenvalue weighted by Gasteiger charge is -2.25. The highest BCUT2D eigenvalue weighted by Crippen LogP contribution is 2.39. The fourth-order valence-corrected chi connectivity index (χ4v) is 1.80. The summed E-state index contributed by atoms with van der Waals surface area (Å²) in [6.07, 6.45) is 0.953. The Bertz CT molecular complexity index is 337. The molecule has 1 fully saturated rings. The molecule has 0 aliphatic heterocycles. The van der Waals surface area contributed by atoms with Crippen LogP contribution in [-0.4, -0.2) is 23.0 Å². The largest absolute Gasteiger partial charge is 0.444 e. The zero-order chi connectivity index (χ0) is 14.1. The third-order valence-corrected chi connectivity index (χ3v) is 3.38. The number of carbonyl (C=O) groups is 2. The van der Waals surface area contributed by atoms with Crippen molar-refractivity contribution in [2.24, 2.45) is 11.8 Å². The van der Waals surface area contributed by atoms with Crippen LogP contribution in [0.25, 0.3) is 0 Å². The fraction of sp³-hybridized carbons (Fsp3) is 0.857. The average molecular weight is 255 g/mol. The van der Waals surface area contributed by atoms with Crippen LogP contribution in [0.4, 0.5) is 4.79 Å². The summed E-state index contributed by atoms with van der Waals surface area (Å²) in [6, 6.07) is 0. The summed E-state index contributed by atoms with van der Waals surface area (Å²) < 4.78 is 5.20. The van der Waals surface area contributed by atoms with Gasteiger partial charge in [-0.3, -0.25) is 4.79 Å². The van der Waals surface area contributed by atoms with Crippen molar-refractivity contribution in [2.75, 3.05) is 0 Å². The van der Waals surface area contributed by atoms with E-state index >= 15 is 0 Å². The SMILES string of the molecule is CC(C)C(C)C(=O)C1(NC(=O)OC(C)(C)C)CC1. The number of hydrogen-bond acceptors (Lipinski definition) is 3. The summed E-state index contributed by atoms with van der Waals surface area (Å²) >= 11 is 0. The molecule has 0 aromatic rings. The number of ether oxygens (including phenoxy) is 1. The van der Waals surface area contributed by atoms with Crippen molar-refractivity contribution in [3.8, 4) is 0 Å². The Morgan fingerprint density at radius 2 is 1.67 bits per heavy atom. The van der Waals surface area contributed by atoms with Crippen molar-refractivity contribution in [3.63, 3.8) is 0 Å². The molecule has 4 heteroatoms. The van der Waals surface area contributed by atoms with Crippen LogP contribution in [0.1, 0.15) is 54.4 Å². The number of Topliss-reactive ketones (excluding diaryl/α,β-unsaturated/α-hetero) is 1. The molecule has 104 valence electrons. The zero-order valence-electron chi connectivity index (χ0n) is 12.3. The Balaban J connectivity index is 2.61. The molecule has 0 saturated heterocycles. The van der Waals surface area contributed by atoms with E-state index in [1.165, 1.54) is 0 Å². The van der Waals surface area contributed by atoms with Gasteiger partial charge in [0.15, 0.2) is 5.78 Å². The Morgan fingerprint density at radius 1 is 1.17 bits per heavy atom. The van der Waals surface area contributed by atoms with Crippen LogP contribution in [0.2, 0.25) is 0 Å².